The number of carbonyl (C=O) groups excluding carboxylic acids is 1. The molecule has 0 radical (unpaired) electrons. The van der Waals surface area contributed by atoms with E-state index in [1.165, 1.54) is 5.57 Å². The maximum atomic E-state index is 13.5. The fourth-order valence-electron chi connectivity index (χ4n) is 11.1. The molecule has 1 unspecified atom stereocenters. The number of ketones is 1. The Kier molecular flexibility index (Phi) is 4.90. The van der Waals surface area contributed by atoms with Crippen molar-refractivity contribution >= 4 is 21.4 Å². The largest absolute Gasteiger partial charge is 0.293 e. The van der Waals surface area contributed by atoms with Crippen LogP contribution in [0.4, 0.5) is 0 Å². The number of nitrogens with zero attached hydrogens (tertiary/aromatic N) is 4. The average molecular weight is 560 g/mol. The normalized spacial score (nSPS) is 48.1. The lowest BCUT2D eigenvalue weighted by Gasteiger charge is -2.69. The summed E-state index contributed by atoms with van der Waals surface area (Å²) in [6, 6.07) is 2.27. The maximum Gasteiger partial charge on any atom is 0.215 e. The molecule has 1 aliphatic heterocycles. The minimum atomic E-state index is -2.87. The van der Waals surface area contributed by atoms with Gasteiger partial charge in [-0.05, 0) is 80.6 Å². The summed E-state index contributed by atoms with van der Waals surface area (Å²) in [6.07, 6.45) is 16.2. The van der Waals surface area contributed by atoms with E-state index in [-0.39, 0.29) is 50.2 Å². The fraction of sp³-hybridized carbons (Fsp3) is 0.750. The van der Waals surface area contributed by atoms with E-state index < -0.39 is 15.5 Å². The van der Waals surface area contributed by atoms with Crippen LogP contribution in [0.15, 0.2) is 32.7 Å². The number of fused-ring (bicyclic) bond motifs is 6. The molecule has 1 heterocycles. The van der Waals surface area contributed by atoms with Crippen molar-refractivity contribution < 1.29 is 9.00 Å². The number of Topliss-reactive ketones (excluding diaryl/α,β-unsaturated/α-hetero) is 1. The SMILES string of the molecule is CC1(C)CC[C@]2(NS(C)(=O)=NC#N)CC[C@@]3(C)[C@]4(C)CC[C@H]5C6(CC6)C(=O)C(C#N)=C[C@]5(C)C4=CC4=N[C@]43[C@@H]2C1. The fourth-order valence-corrected chi connectivity index (χ4v) is 12.4. The van der Waals surface area contributed by atoms with Crippen LogP contribution in [-0.4, -0.2) is 33.0 Å². The number of rotatable bonds is 2. The molecule has 6 aliphatic carbocycles. The van der Waals surface area contributed by atoms with E-state index in [2.05, 4.69) is 55.8 Å². The molecule has 8 heteroatoms. The number of hydrogen-bond acceptors (Lipinski definition) is 6. The van der Waals surface area contributed by atoms with Crippen molar-refractivity contribution in [2.24, 2.45) is 48.3 Å². The lowest BCUT2D eigenvalue weighted by Crippen LogP contribution is -2.72. The van der Waals surface area contributed by atoms with Gasteiger partial charge in [0, 0.05) is 34.0 Å². The molecule has 0 amide bonds. The molecule has 0 aromatic carbocycles. The zero-order chi connectivity index (χ0) is 28.8. The van der Waals surface area contributed by atoms with Gasteiger partial charge in [-0.1, -0.05) is 46.3 Å². The van der Waals surface area contributed by atoms with E-state index in [9.17, 15) is 19.5 Å². The van der Waals surface area contributed by atoms with Crippen molar-refractivity contribution in [3.05, 3.63) is 23.3 Å². The van der Waals surface area contributed by atoms with E-state index in [0.717, 1.165) is 63.5 Å². The highest BCUT2D eigenvalue weighted by atomic mass is 32.2. The first-order chi connectivity index (χ1) is 18.6. The van der Waals surface area contributed by atoms with E-state index in [0.29, 0.717) is 5.57 Å². The van der Waals surface area contributed by atoms with Crippen LogP contribution < -0.4 is 4.72 Å². The van der Waals surface area contributed by atoms with Gasteiger partial charge in [-0.25, -0.2) is 8.93 Å². The van der Waals surface area contributed by atoms with Crippen LogP contribution in [0, 0.1) is 61.7 Å². The van der Waals surface area contributed by atoms with Crippen LogP contribution in [0.3, 0.4) is 0 Å². The molecule has 8 atom stereocenters. The zero-order valence-corrected chi connectivity index (χ0v) is 25.5. The van der Waals surface area contributed by atoms with Gasteiger partial charge < -0.3 is 0 Å². The van der Waals surface area contributed by atoms with Crippen molar-refractivity contribution in [3.63, 3.8) is 0 Å². The summed E-state index contributed by atoms with van der Waals surface area (Å²) in [7, 11) is -2.87. The van der Waals surface area contributed by atoms with Gasteiger partial charge >= 0.3 is 0 Å². The monoisotopic (exact) mass is 559 g/mol. The van der Waals surface area contributed by atoms with Crippen LogP contribution in [0.2, 0.25) is 0 Å². The lowest BCUT2D eigenvalue weighted by molar-refractivity contribution is -0.129. The van der Waals surface area contributed by atoms with Gasteiger partial charge in [0.25, 0.3) is 0 Å². The van der Waals surface area contributed by atoms with Gasteiger partial charge in [0.2, 0.25) is 6.19 Å². The Morgan fingerprint density at radius 1 is 1.02 bits per heavy atom. The van der Waals surface area contributed by atoms with Gasteiger partial charge in [-0.2, -0.15) is 10.5 Å². The summed E-state index contributed by atoms with van der Waals surface area (Å²) in [5.41, 5.74) is 1.27. The number of allylic oxidation sites excluding steroid dienone is 3. The van der Waals surface area contributed by atoms with Crippen molar-refractivity contribution in [2.75, 3.05) is 6.26 Å². The Morgan fingerprint density at radius 3 is 2.38 bits per heavy atom. The van der Waals surface area contributed by atoms with Crippen LogP contribution in [0.25, 0.3) is 0 Å². The summed E-state index contributed by atoms with van der Waals surface area (Å²) in [5, 5.41) is 19.2. The summed E-state index contributed by atoms with van der Waals surface area (Å²) in [6.45, 7) is 11.9. The minimum absolute atomic E-state index is 0.0747. The van der Waals surface area contributed by atoms with Gasteiger partial charge in [0.1, 0.15) is 21.5 Å². The molecule has 0 saturated heterocycles. The standard InChI is InChI=1S/C32H41N5O2S/c1-26(2)9-13-31(37-40(6,39)35-19-34)14-10-29(5)28(4)8-7-21-27(3,16-20(18-33)25(38)30(21)11-12-30)22(28)15-24-32(29,36-24)23(31)17-26/h15-16,21,23H,7-14,17H2,1-6H3,(H,35,37,39)/t21-,23-,27+,28-,29+,31+,32-,40?/m1/s1. The van der Waals surface area contributed by atoms with Gasteiger partial charge in [-0.15, -0.1) is 4.36 Å². The van der Waals surface area contributed by atoms with Crippen LogP contribution in [0.1, 0.15) is 92.4 Å². The molecule has 2 spiro atoms. The topological polar surface area (TPSA) is 118 Å². The highest BCUT2D eigenvalue weighted by molar-refractivity contribution is 7.91. The van der Waals surface area contributed by atoms with Gasteiger partial charge in [-0.3, -0.25) is 9.79 Å². The van der Waals surface area contributed by atoms with Crippen LogP contribution >= 0.6 is 0 Å². The predicted octanol–water partition coefficient (Wildman–Crippen LogP) is 5.80. The molecule has 0 aromatic rings. The van der Waals surface area contributed by atoms with Crippen LogP contribution in [-0.2, 0) is 14.7 Å². The second-order valence-corrected chi connectivity index (χ2v) is 17.7. The van der Waals surface area contributed by atoms with Crippen LogP contribution in [0.5, 0.6) is 0 Å². The molecule has 1 N–H and O–H groups in total. The number of aliphatic imine (C=N–C) groups is 1. The number of hydrogen-bond donors (Lipinski definition) is 1. The number of carbonyl (C=O) groups is 1. The molecule has 7 nitrogen and oxygen atoms in total. The summed E-state index contributed by atoms with van der Waals surface area (Å²) >= 11 is 0. The lowest BCUT2D eigenvalue weighted by atomic mass is 9.35. The molecule has 7 aliphatic rings. The van der Waals surface area contributed by atoms with Crippen molar-refractivity contribution in [1.29, 1.82) is 10.5 Å². The van der Waals surface area contributed by atoms with E-state index in [1.807, 2.05) is 6.08 Å². The summed E-state index contributed by atoms with van der Waals surface area (Å²) < 4.78 is 20.8. The third kappa shape index (κ3) is 2.90. The van der Waals surface area contributed by atoms with Crippen molar-refractivity contribution in [3.8, 4) is 12.3 Å². The second kappa shape index (κ2) is 7.37. The average Bonchev–Trinajstić information content (AvgIpc) is 3.79. The summed E-state index contributed by atoms with van der Waals surface area (Å²) in [5.74, 6) is 0.459. The van der Waals surface area contributed by atoms with E-state index in [4.69, 9.17) is 4.99 Å². The van der Waals surface area contributed by atoms with Gasteiger partial charge in [0.05, 0.1) is 11.3 Å². The highest BCUT2D eigenvalue weighted by Gasteiger charge is 2.80. The van der Waals surface area contributed by atoms with Gasteiger partial charge in [0.15, 0.2) is 5.78 Å². The molecule has 4 fully saturated rings. The number of nitriles is 2. The second-order valence-electron chi connectivity index (χ2n) is 15.7. The third-order valence-corrected chi connectivity index (χ3v) is 14.6. The Labute approximate surface area is 238 Å². The Balaban J connectivity index is 1.39. The minimum Gasteiger partial charge on any atom is -0.293 e. The smallest absolute Gasteiger partial charge is 0.215 e. The molecule has 4 saturated carbocycles. The molecule has 0 bridgehead atoms. The molecule has 7 rings (SSSR count). The molecular formula is C32H41N5O2S. The molecule has 40 heavy (non-hydrogen) atoms. The Hall–Kier alpha value is -2.29. The van der Waals surface area contributed by atoms with E-state index in [1.54, 1.807) is 12.4 Å². The first kappa shape index (κ1) is 26.6. The first-order valence-electron chi connectivity index (χ1n) is 15.0. The predicted molar refractivity (Wildman–Crippen MR) is 154 cm³/mol. The molecule has 212 valence electrons. The quantitative estimate of drug-likeness (QED) is 0.430. The maximum absolute atomic E-state index is 13.5. The third-order valence-electron chi connectivity index (χ3n) is 13.4. The zero-order valence-electron chi connectivity index (χ0n) is 24.7. The summed E-state index contributed by atoms with van der Waals surface area (Å²) in [4.78, 5) is 18.8. The highest BCUT2D eigenvalue weighted by Crippen LogP contribution is 2.79. The molecular weight excluding hydrogens is 518 g/mol. The van der Waals surface area contributed by atoms with Crippen molar-refractivity contribution in [2.45, 2.75) is 103 Å². The number of nitrogens with one attached hydrogen (secondary N) is 1. The first-order valence-corrected chi connectivity index (χ1v) is 16.9. The van der Waals surface area contributed by atoms with E-state index >= 15 is 0 Å². The molecule has 0 aromatic heterocycles. The Morgan fingerprint density at radius 2 is 1.73 bits per heavy atom. The Bertz CT molecular complexity index is 1580. The van der Waals surface area contributed by atoms with Crippen molar-refractivity contribution in [1.82, 2.24) is 4.72 Å².